The Hall–Kier alpha value is -3.37. The van der Waals surface area contributed by atoms with E-state index in [9.17, 15) is 19.5 Å². The van der Waals surface area contributed by atoms with Crippen molar-refractivity contribution in [1.82, 2.24) is 20.1 Å². The van der Waals surface area contributed by atoms with Gasteiger partial charge in [-0.1, -0.05) is 54.6 Å². The minimum absolute atomic E-state index is 0.0384. The average molecular weight is 487 g/mol. The maximum absolute atomic E-state index is 12.4. The quantitative estimate of drug-likeness (QED) is 0.443. The number of nitrogens with one attached hydrogen (secondary N) is 2. The van der Waals surface area contributed by atoms with Crippen LogP contribution < -0.4 is 15.7 Å². The van der Waals surface area contributed by atoms with Crippen LogP contribution in [0.3, 0.4) is 0 Å². The number of nitrogens with zero attached hydrogens (tertiary/aromatic N) is 3. The van der Waals surface area contributed by atoms with Gasteiger partial charge < -0.3 is 25.1 Å². The summed E-state index contributed by atoms with van der Waals surface area (Å²) < 4.78 is 1.68. The predicted octanol–water partition coefficient (Wildman–Crippen LogP) is 2.06. The Kier molecular flexibility index (Phi) is 8.07. The third-order valence-electron chi connectivity index (χ3n) is 4.81. The number of amides is 2. The number of benzene rings is 2. The van der Waals surface area contributed by atoms with Crippen LogP contribution in [0.4, 0.5) is 5.69 Å². The topological polar surface area (TPSA) is 129 Å². The minimum Gasteiger partial charge on any atom is -0.545 e. The fourth-order valence-corrected chi connectivity index (χ4v) is 4.07. The molecule has 0 unspecified atom stereocenters. The molecule has 33 heavy (non-hydrogen) atoms. The number of aromatic nitrogens is 3. The van der Waals surface area contributed by atoms with E-state index in [1.165, 1.54) is 17.8 Å². The Labute approximate surface area is 199 Å². The lowest BCUT2D eigenvalue weighted by molar-refractivity contribution is -0.255. The highest BCUT2D eigenvalue weighted by Gasteiger charge is 2.15. The summed E-state index contributed by atoms with van der Waals surface area (Å²) in [5.41, 5.74) is 1.36. The lowest BCUT2D eigenvalue weighted by Crippen LogP contribution is -2.25. The van der Waals surface area contributed by atoms with Crippen molar-refractivity contribution in [2.24, 2.45) is 7.05 Å². The van der Waals surface area contributed by atoms with Crippen LogP contribution in [0.5, 0.6) is 0 Å². The number of carboxylic acids is 1. The second-order valence-electron chi connectivity index (χ2n) is 6.93. The lowest BCUT2D eigenvalue weighted by atomic mass is 10.0. The van der Waals surface area contributed by atoms with Crippen molar-refractivity contribution in [1.29, 1.82) is 0 Å². The van der Waals surface area contributed by atoms with Crippen LogP contribution in [0.25, 0.3) is 0 Å². The number of aromatic carboxylic acids is 1. The molecule has 0 atom stereocenters. The van der Waals surface area contributed by atoms with E-state index in [0.717, 1.165) is 0 Å². The van der Waals surface area contributed by atoms with Gasteiger partial charge in [-0.25, -0.2) is 0 Å². The summed E-state index contributed by atoms with van der Waals surface area (Å²) in [6, 6.07) is 11.4. The average Bonchev–Trinajstić information content (AvgIpc) is 3.15. The molecule has 3 rings (SSSR count). The number of thioether (sulfide) groups is 1. The lowest BCUT2D eigenvalue weighted by Gasteiger charge is -2.15. The van der Waals surface area contributed by atoms with Crippen molar-refractivity contribution in [2.45, 2.75) is 25.0 Å². The first-order valence-corrected chi connectivity index (χ1v) is 11.3. The van der Waals surface area contributed by atoms with Gasteiger partial charge in [0.2, 0.25) is 5.91 Å². The molecule has 0 saturated heterocycles. The molecule has 0 fully saturated rings. The Bertz CT molecular complexity index is 1200. The number of anilines is 1. The summed E-state index contributed by atoms with van der Waals surface area (Å²) in [6.07, 6.45) is 0.430. The van der Waals surface area contributed by atoms with Gasteiger partial charge in [-0.05, 0) is 30.2 Å². The summed E-state index contributed by atoms with van der Waals surface area (Å²) in [6.45, 7) is 1.94. The first-order valence-electron chi connectivity index (χ1n) is 9.98. The SMILES string of the molecule is CCc1c(NC(=O)CSc2nnc(CNC(=O)c3ccccc3Cl)n2C)cccc1C(=O)[O-]. The zero-order valence-corrected chi connectivity index (χ0v) is 19.5. The van der Waals surface area contributed by atoms with E-state index < -0.39 is 5.97 Å². The monoisotopic (exact) mass is 486 g/mol. The van der Waals surface area contributed by atoms with Crippen molar-refractivity contribution < 1.29 is 19.5 Å². The second-order valence-corrected chi connectivity index (χ2v) is 8.28. The molecule has 0 saturated carbocycles. The molecule has 1 aromatic heterocycles. The molecule has 0 aliphatic rings. The van der Waals surface area contributed by atoms with Crippen molar-refractivity contribution in [3.05, 3.63) is 70.0 Å². The molecular weight excluding hydrogens is 466 g/mol. The molecule has 0 radical (unpaired) electrons. The molecule has 2 N–H and O–H groups in total. The third-order valence-corrected chi connectivity index (χ3v) is 6.16. The van der Waals surface area contributed by atoms with Crippen LogP contribution in [-0.2, 0) is 24.8 Å². The van der Waals surface area contributed by atoms with Crippen LogP contribution >= 0.6 is 23.4 Å². The number of carbonyl (C=O) groups is 3. The molecule has 172 valence electrons. The molecule has 9 nitrogen and oxygen atoms in total. The summed E-state index contributed by atoms with van der Waals surface area (Å²) in [5.74, 6) is -1.39. The normalized spacial score (nSPS) is 10.6. The van der Waals surface area contributed by atoms with E-state index in [1.807, 2.05) is 0 Å². The van der Waals surface area contributed by atoms with Gasteiger partial charge in [-0.15, -0.1) is 10.2 Å². The number of hydrogen-bond acceptors (Lipinski definition) is 7. The highest BCUT2D eigenvalue weighted by molar-refractivity contribution is 7.99. The summed E-state index contributed by atoms with van der Waals surface area (Å²) in [7, 11) is 1.73. The van der Waals surface area contributed by atoms with E-state index in [4.69, 9.17) is 11.6 Å². The van der Waals surface area contributed by atoms with Gasteiger partial charge in [0.05, 0.1) is 28.9 Å². The molecule has 0 bridgehead atoms. The minimum atomic E-state index is -1.29. The van der Waals surface area contributed by atoms with Gasteiger partial charge in [-0.3, -0.25) is 9.59 Å². The van der Waals surface area contributed by atoms with Gasteiger partial charge in [0, 0.05) is 18.3 Å². The number of carbonyl (C=O) groups excluding carboxylic acids is 3. The fraction of sp³-hybridized carbons (Fsp3) is 0.227. The van der Waals surface area contributed by atoms with Crippen molar-refractivity contribution in [3.63, 3.8) is 0 Å². The number of hydrogen-bond donors (Lipinski definition) is 2. The van der Waals surface area contributed by atoms with E-state index in [0.29, 0.717) is 39.2 Å². The number of halogens is 1. The van der Waals surface area contributed by atoms with Crippen LogP contribution in [0.15, 0.2) is 47.6 Å². The van der Waals surface area contributed by atoms with Gasteiger partial charge in [0.15, 0.2) is 11.0 Å². The smallest absolute Gasteiger partial charge is 0.253 e. The molecule has 2 amide bonds. The Morgan fingerprint density at radius 1 is 1.09 bits per heavy atom. The molecule has 0 spiro atoms. The molecule has 0 aliphatic heterocycles. The molecule has 1 heterocycles. The predicted molar refractivity (Wildman–Crippen MR) is 123 cm³/mol. The van der Waals surface area contributed by atoms with Gasteiger partial charge in [0.1, 0.15) is 0 Å². The van der Waals surface area contributed by atoms with Crippen LogP contribution in [0, 0.1) is 0 Å². The van der Waals surface area contributed by atoms with Crippen molar-refractivity contribution in [2.75, 3.05) is 11.1 Å². The zero-order chi connectivity index (χ0) is 24.0. The Balaban J connectivity index is 1.58. The standard InChI is InChI=1S/C22H22ClN5O4S/c1-3-13-14(21(31)32)8-6-10-17(13)25-19(29)12-33-22-27-26-18(28(22)2)11-24-20(30)15-7-4-5-9-16(15)23/h4-10H,3,11-12H2,1-2H3,(H,24,30)(H,25,29)(H,31,32)/p-1. The molecule has 11 heteroatoms. The van der Waals surface area contributed by atoms with E-state index in [1.54, 1.807) is 54.9 Å². The van der Waals surface area contributed by atoms with Crippen LogP contribution in [0.1, 0.15) is 39.0 Å². The highest BCUT2D eigenvalue weighted by atomic mass is 35.5. The maximum Gasteiger partial charge on any atom is 0.253 e. The zero-order valence-electron chi connectivity index (χ0n) is 17.9. The first-order chi connectivity index (χ1) is 15.8. The van der Waals surface area contributed by atoms with Gasteiger partial charge in [-0.2, -0.15) is 0 Å². The Morgan fingerprint density at radius 3 is 2.52 bits per heavy atom. The first kappa shape index (κ1) is 24.3. The van der Waals surface area contributed by atoms with Crippen molar-refractivity contribution in [3.8, 4) is 0 Å². The molecule has 0 aliphatic carbocycles. The maximum atomic E-state index is 12.4. The van der Waals surface area contributed by atoms with Crippen LogP contribution in [0.2, 0.25) is 5.02 Å². The second kappa shape index (κ2) is 11.0. The van der Waals surface area contributed by atoms with E-state index in [2.05, 4.69) is 20.8 Å². The van der Waals surface area contributed by atoms with Gasteiger partial charge >= 0.3 is 0 Å². The molecule has 2 aromatic carbocycles. The fourth-order valence-electron chi connectivity index (χ4n) is 3.12. The molecule has 3 aromatic rings. The number of rotatable bonds is 9. The van der Waals surface area contributed by atoms with Crippen molar-refractivity contribution >= 4 is 46.8 Å². The van der Waals surface area contributed by atoms with E-state index >= 15 is 0 Å². The third kappa shape index (κ3) is 5.91. The van der Waals surface area contributed by atoms with Gasteiger partial charge in [0.25, 0.3) is 5.91 Å². The molecular formula is C22H21ClN5O4S-. The van der Waals surface area contributed by atoms with E-state index in [-0.39, 0.29) is 29.7 Å². The van der Waals surface area contributed by atoms with Crippen LogP contribution in [-0.4, -0.2) is 38.3 Å². The number of carboxylic acid groups (broad SMARTS) is 1. The largest absolute Gasteiger partial charge is 0.545 e. The highest BCUT2D eigenvalue weighted by Crippen LogP contribution is 2.22. The summed E-state index contributed by atoms with van der Waals surface area (Å²) in [5, 5.41) is 25.7. The summed E-state index contributed by atoms with van der Waals surface area (Å²) >= 11 is 7.21. The Morgan fingerprint density at radius 2 is 1.82 bits per heavy atom. The summed E-state index contributed by atoms with van der Waals surface area (Å²) in [4.78, 5) is 36.0.